The van der Waals surface area contributed by atoms with E-state index in [4.69, 9.17) is 23.4 Å². The molecule has 6 aromatic rings. The summed E-state index contributed by atoms with van der Waals surface area (Å²) >= 11 is 0. The first-order valence-corrected chi connectivity index (χ1v) is 21.2. The molecule has 0 aliphatic heterocycles. The summed E-state index contributed by atoms with van der Waals surface area (Å²) in [5.41, 5.74) is 5.87. The number of ether oxygens (including phenoxy) is 4. The highest BCUT2D eigenvalue weighted by Crippen LogP contribution is 2.46. The molecule has 5 nitrogen and oxygen atoms in total. The van der Waals surface area contributed by atoms with Gasteiger partial charge < -0.3 is 23.4 Å². The normalized spacial score (nSPS) is 15.5. The predicted molar refractivity (Wildman–Crippen MR) is 225 cm³/mol. The maximum Gasteiger partial charge on any atom is 0.261 e. The lowest BCUT2D eigenvalue weighted by atomic mass is 9.74. The molecule has 55 heavy (non-hydrogen) atoms. The zero-order chi connectivity index (χ0) is 38.3. The molecule has 6 heteroatoms. The molecule has 0 amide bonds. The van der Waals surface area contributed by atoms with Gasteiger partial charge in [0, 0.05) is 12.5 Å². The second-order valence-electron chi connectivity index (χ2n) is 15.5. The van der Waals surface area contributed by atoms with E-state index in [0.29, 0.717) is 19.8 Å². The van der Waals surface area contributed by atoms with Crippen molar-refractivity contribution in [2.24, 2.45) is 5.92 Å². The Morgan fingerprint density at radius 1 is 0.564 bits per heavy atom. The molecule has 0 heterocycles. The summed E-state index contributed by atoms with van der Waals surface area (Å²) in [5.74, 6) is 3.24. The van der Waals surface area contributed by atoms with Gasteiger partial charge in [-0.15, -0.1) is 0 Å². The van der Waals surface area contributed by atoms with E-state index in [-0.39, 0.29) is 16.9 Å². The summed E-state index contributed by atoms with van der Waals surface area (Å²) in [6.07, 6.45) is 1.78. The Hall–Kier alpha value is -5.30. The Labute approximate surface area is 328 Å². The van der Waals surface area contributed by atoms with Gasteiger partial charge in [-0.25, -0.2) is 0 Å². The highest BCUT2D eigenvalue weighted by molar-refractivity contribution is 6.99. The van der Waals surface area contributed by atoms with Crippen LogP contribution in [0.4, 0.5) is 0 Å². The maximum absolute atomic E-state index is 7.55. The van der Waals surface area contributed by atoms with E-state index in [1.165, 1.54) is 27.1 Å². The molecular weight excluding hydrogens is 697 g/mol. The van der Waals surface area contributed by atoms with Gasteiger partial charge in [0.1, 0.15) is 13.2 Å². The minimum Gasteiger partial charge on any atom is -0.493 e. The van der Waals surface area contributed by atoms with Gasteiger partial charge in [-0.1, -0.05) is 148 Å². The molecule has 1 aliphatic rings. The van der Waals surface area contributed by atoms with Crippen LogP contribution in [0.1, 0.15) is 60.9 Å². The first kappa shape index (κ1) is 38.0. The minimum atomic E-state index is -2.74. The largest absolute Gasteiger partial charge is 0.493 e. The topological polar surface area (TPSA) is 46.2 Å². The van der Waals surface area contributed by atoms with Gasteiger partial charge in [0.15, 0.2) is 23.0 Å². The third-order valence-corrected chi connectivity index (χ3v) is 15.9. The second-order valence-corrected chi connectivity index (χ2v) is 19.8. The molecule has 0 radical (unpaired) electrons. The van der Waals surface area contributed by atoms with E-state index in [0.717, 1.165) is 47.0 Å². The summed E-state index contributed by atoms with van der Waals surface area (Å²) in [4.78, 5) is 0. The lowest BCUT2D eigenvalue weighted by Crippen LogP contribution is -2.67. The van der Waals surface area contributed by atoms with Crippen molar-refractivity contribution in [2.45, 2.75) is 57.8 Å². The number of rotatable bonds is 14. The number of hydrogen-bond acceptors (Lipinski definition) is 5. The monoisotopic (exact) mass is 748 g/mol. The van der Waals surface area contributed by atoms with E-state index in [2.05, 4.69) is 136 Å². The molecule has 0 spiro atoms. The number of benzene rings is 6. The van der Waals surface area contributed by atoms with Crippen molar-refractivity contribution < 1.29 is 23.4 Å². The fraction of sp³-hybridized carbons (Fsp3) is 0.265. The van der Waals surface area contributed by atoms with Crippen molar-refractivity contribution in [3.8, 4) is 23.0 Å². The van der Waals surface area contributed by atoms with Crippen LogP contribution in [0.15, 0.2) is 152 Å². The predicted octanol–water partition coefficient (Wildman–Crippen LogP) is 10.1. The maximum atomic E-state index is 7.55. The van der Waals surface area contributed by atoms with Crippen LogP contribution in [0.2, 0.25) is 5.04 Å². The Kier molecular flexibility index (Phi) is 11.8. The van der Waals surface area contributed by atoms with Crippen molar-refractivity contribution in [3.63, 3.8) is 0 Å². The highest BCUT2D eigenvalue weighted by Gasteiger charge is 2.50. The van der Waals surface area contributed by atoms with Crippen LogP contribution in [-0.4, -0.2) is 29.1 Å². The van der Waals surface area contributed by atoms with Crippen molar-refractivity contribution in [1.29, 1.82) is 0 Å². The van der Waals surface area contributed by atoms with Gasteiger partial charge in [-0.05, 0) is 86.3 Å². The zero-order valence-corrected chi connectivity index (χ0v) is 33.7. The van der Waals surface area contributed by atoms with Crippen LogP contribution in [0.3, 0.4) is 0 Å². The lowest BCUT2D eigenvalue weighted by molar-refractivity contribution is 0.215. The Balaban J connectivity index is 1.25. The molecule has 6 aromatic carbocycles. The zero-order valence-electron chi connectivity index (χ0n) is 32.7. The summed E-state index contributed by atoms with van der Waals surface area (Å²) in [6.45, 7) is 8.58. The van der Waals surface area contributed by atoms with E-state index in [9.17, 15) is 0 Å². The SMILES string of the molecule is COc1cc(C2C[C@@H](CO[Si](c3ccccc3)(c3ccccc3)C(C)(C)C)Cc3cc(OC)c(OCc4ccccc4)cc32)ccc1OCc1ccccc1. The quantitative estimate of drug-likeness (QED) is 0.104. The molecule has 0 saturated carbocycles. The van der Waals surface area contributed by atoms with Crippen molar-refractivity contribution in [1.82, 2.24) is 0 Å². The standard InChI is InChI=1S/C49H52O5Si/c1-49(2,3)55(41-22-14-8-15-23-41,42-24-16-9-17-25-42)54-35-38-28-40-31-47(51-5)48(53-34-37-20-12-7-13-21-37)32-44(40)43(29-38)39-26-27-45(46(30-39)50-4)52-33-36-18-10-6-11-19-36/h6-27,30-32,38,43H,28-29,33-35H2,1-5H3/t38-,43?/m0/s1. The third kappa shape index (κ3) is 8.36. The third-order valence-electron chi connectivity index (χ3n) is 10.9. The molecule has 0 bridgehead atoms. The Bertz CT molecular complexity index is 2090. The molecule has 7 rings (SSSR count). The minimum absolute atomic E-state index is 0.0681. The molecule has 2 atom stereocenters. The van der Waals surface area contributed by atoms with E-state index in [1.54, 1.807) is 14.2 Å². The fourth-order valence-electron chi connectivity index (χ4n) is 8.18. The van der Waals surface area contributed by atoms with Crippen molar-refractivity contribution in [3.05, 3.63) is 179 Å². The van der Waals surface area contributed by atoms with E-state index < -0.39 is 8.32 Å². The summed E-state index contributed by atoms with van der Waals surface area (Å²) in [7, 11) is 0.698. The van der Waals surface area contributed by atoms with Crippen LogP contribution >= 0.6 is 0 Å². The Morgan fingerprint density at radius 3 is 1.60 bits per heavy atom. The van der Waals surface area contributed by atoms with Gasteiger partial charge in [-0.2, -0.15) is 0 Å². The summed E-state index contributed by atoms with van der Waals surface area (Å²) in [5, 5.41) is 2.47. The number of fused-ring (bicyclic) bond motifs is 1. The summed E-state index contributed by atoms with van der Waals surface area (Å²) in [6, 6.07) is 53.1. The van der Waals surface area contributed by atoms with Crippen LogP contribution in [0, 0.1) is 5.92 Å². The van der Waals surface area contributed by atoms with Gasteiger partial charge in [-0.3, -0.25) is 0 Å². The van der Waals surface area contributed by atoms with Crippen LogP contribution in [0.25, 0.3) is 0 Å². The molecular formula is C49H52O5Si. The van der Waals surface area contributed by atoms with E-state index in [1.807, 2.05) is 36.4 Å². The van der Waals surface area contributed by atoms with Gasteiger partial charge in [0.25, 0.3) is 8.32 Å². The Morgan fingerprint density at radius 2 is 1.07 bits per heavy atom. The number of hydrogen-bond donors (Lipinski definition) is 0. The van der Waals surface area contributed by atoms with Crippen LogP contribution < -0.4 is 29.3 Å². The molecule has 0 fully saturated rings. The molecule has 282 valence electrons. The smallest absolute Gasteiger partial charge is 0.261 e. The van der Waals surface area contributed by atoms with Crippen molar-refractivity contribution in [2.75, 3.05) is 20.8 Å². The molecule has 1 unspecified atom stereocenters. The van der Waals surface area contributed by atoms with Crippen LogP contribution in [-0.2, 0) is 24.1 Å². The molecule has 1 aliphatic carbocycles. The van der Waals surface area contributed by atoms with Gasteiger partial charge >= 0.3 is 0 Å². The summed E-state index contributed by atoms with van der Waals surface area (Å²) < 4.78 is 32.2. The molecule has 0 N–H and O–H groups in total. The molecule has 0 aromatic heterocycles. The second kappa shape index (κ2) is 17.0. The fourth-order valence-corrected chi connectivity index (χ4v) is 12.8. The van der Waals surface area contributed by atoms with Crippen molar-refractivity contribution >= 4 is 18.7 Å². The first-order chi connectivity index (χ1) is 26.8. The first-order valence-electron chi connectivity index (χ1n) is 19.3. The van der Waals surface area contributed by atoms with Gasteiger partial charge in [0.05, 0.1) is 14.2 Å². The number of methoxy groups -OCH3 is 2. The lowest BCUT2D eigenvalue weighted by Gasteiger charge is -2.44. The highest BCUT2D eigenvalue weighted by atomic mass is 28.4. The van der Waals surface area contributed by atoms with Gasteiger partial charge in [0.2, 0.25) is 0 Å². The molecule has 0 saturated heterocycles. The van der Waals surface area contributed by atoms with Crippen LogP contribution in [0.5, 0.6) is 23.0 Å². The van der Waals surface area contributed by atoms with E-state index >= 15 is 0 Å². The average Bonchev–Trinajstić information content (AvgIpc) is 3.22. The average molecular weight is 749 g/mol.